The second-order valence-corrected chi connectivity index (χ2v) is 4.81. The van der Waals surface area contributed by atoms with Crippen LogP contribution >= 0.6 is 0 Å². The summed E-state index contributed by atoms with van der Waals surface area (Å²) in [5.41, 5.74) is 0.850. The van der Waals surface area contributed by atoms with Crippen LogP contribution in [-0.4, -0.2) is 44.6 Å². The molecule has 1 aromatic carbocycles. The first-order chi connectivity index (χ1) is 10.1. The highest BCUT2D eigenvalue weighted by Gasteiger charge is 2.14. The lowest BCUT2D eigenvalue weighted by molar-refractivity contribution is -0.131. The molecule has 0 aliphatic carbocycles. The van der Waals surface area contributed by atoms with E-state index in [1.165, 1.54) is 9.70 Å². The molecule has 0 radical (unpaired) electrons. The maximum absolute atomic E-state index is 12.0. The van der Waals surface area contributed by atoms with E-state index in [9.17, 15) is 4.79 Å². The summed E-state index contributed by atoms with van der Waals surface area (Å²) in [6.07, 6.45) is 0. The summed E-state index contributed by atoms with van der Waals surface area (Å²) in [6, 6.07) is 11.5. The molecule has 21 heavy (non-hydrogen) atoms. The molecule has 0 N–H and O–H groups in total. The predicted molar refractivity (Wildman–Crippen MR) is 75.7 cm³/mol. The third kappa shape index (κ3) is 3.86. The van der Waals surface area contributed by atoms with E-state index in [0.717, 1.165) is 5.56 Å². The monoisotopic (exact) mass is 284 g/mol. The number of likely N-dealkylation sites (N-methyl/N-ethyl adjacent to an activating group) is 1. The average Bonchev–Trinajstić information content (AvgIpc) is 2.96. The van der Waals surface area contributed by atoms with Crippen LogP contribution in [0.2, 0.25) is 0 Å². The highest BCUT2D eigenvalue weighted by molar-refractivity contribution is 5.75. The molecular weight excluding hydrogens is 268 g/mol. The van der Waals surface area contributed by atoms with Gasteiger partial charge in [-0.05, 0) is 12.1 Å². The normalized spacial score (nSPS) is 11.7. The summed E-state index contributed by atoms with van der Waals surface area (Å²) < 4.78 is 0. The predicted octanol–water partition coefficient (Wildman–Crippen LogP) is 0.958. The summed E-state index contributed by atoms with van der Waals surface area (Å²) in [5.74, 6) is 0.119. The van der Waals surface area contributed by atoms with Gasteiger partial charge in [0, 0.05) is 19.2 Å². The van der Waals surface area contributed by atoms with E-state index in [1.54, 1.807) is 14.0 Å². The number of carbonyl (C=O) groups is 1. The van der Waals surface area contributed by atoms with Gasteiger partial charge in [-0.15, -0.1) is 10.2 Å². The molecule has 0 bridgehead atoms. The standard InChI is InChI=1S/C14H16N6O/c1-11(8-15)9-19(2)13(21)10-20-17-14(16-18-20)12-6-4-3-5-7-12/h3-7,11H,9-10H2,1-2H3. The van der Waals surface area contributed by atoms with Gasteiger partial charge in [0.15, 0.2) is 0 Å². The Kier molecular flexibility index (Phi) is 4.61. The zero-order valence-corrected chi connectivity index (χ0v) is 12.0. The Morgan fingerprint density at radius 3 is 2.81 bits per heavy atom. The second-order valence-electron chi connectivity index (χ2n) is 4.81. The number of rotatable bonds is 5. The molecular formula is C14H16N6O. The van der Waals surface area contributed by atoms with Gasteiger partial charge in [0.05, 0.1) is 12.0 Å². The molecule has 0 saturated heterocycles. The molecule has 0 aliphatic rings. The lowest BCUT2D eigenvalue weighted by Crippen LogP contribution is -2.34. The molecule has 1 unspecified atom stereocenters. The van der Waals surface area contributed by atoms with Gasteiger partial charge in [0.25, 0.3) is 0 Å². The topological polar surface area (TPSA) is 87.7 Å². The first kappa shape index (κ1) is 14.7. The molecule has 2 aromatic rings. The van der Waals surface area contributed by atoms with E-state index < -0.39 is 0 Å². The maximum atomic E-state index is 12.0. The zero-order chi connectivity index (χ0) is 15.2. The number of tetrazole rings is 1. The van der Waals surface area contributed by atoms with Crippen LogP contribution in [-0.2, 0) is 11.3 Å². The highest BCUT2D eigenvalue weighted by Crippen LogP contribution is 2.11. The van der Waals surface area contributed by atoms with E-state index >= 15 is 0 Å². The number of aromatic nitrogens is 4. The third-order valence-corrected chi connectivity index (χ3v) is 2.96. The minimum atomic E-state index is -0.206. The Balaban J connectivity index is 2.00. The van der Waals surface area contributed by atoms with E-state index in [0.29, 0.717) is 12.4 Å². The number of hydrogen-bond donors (Lipinski definition) is 0. The summed E-state index contributed by atoms with van der Waals surface area (Å²) in [7, 11) is 1.66. The van der Waals surface area contributed by atoms with Crippen LogP contribution in [0.25, 0.3) is 11.4 Å². The molecule has 108 valence electrons. The van der Waals surface area contributed by atoms with Gasteiger partial charge in [-0.2, -0.15) is 10.1 Å². The van der Waals surface area contributed by atoms with E-state index in [1.807, 2.05) is 30.3 Å². The van der Waals surface area contributed by atoms with Crippen molar-refractivity contribution >= 4 is 5.91 Å². The number of amides is 1. The number of nitrogens with zero attached hydrogens (tertiary/aromatic N) is 6. The van der Waals surface area contributed by atoms with Crippen LogP contribution in [0.1, 0.15) is 6.92 Å². The second kappa shape index (κ2) is 6.61. The van der Waals surface area contributed by atoms with Gasteiger partial charge >= 0.3 is 0 Å². The van der Waals surface area contributed by atoms with Crippen molar-refractivity contribution in [2.75, 3.05) is 13.6 Å². The van der Waals surface area contributed by atoms with Crippen LogP contribution in [0.4, 0.5) is 0 Å². The van der Waals surface area contributed by atoms with Crippen molar-refractivity contribution in [3.8, 4) is 17.5 Å². The van der Waals surface area contributed by atoms with E-state index in [-0.39, 0.29) is 18.4 Å². The number of benzene rings is 1. The molecule has 7 nitrogen and oxygen atoms in total. The molecule has 0 aliphatic heterocycles. The summed E-state index contributed by atoms with van der Waals surface area (Å²) >= 11 is 0. The SMILES string of the molecule is CC(C#N)CN(C)C(=O)Cn1nnc(-c2ccccc2)n1. The minimum Gasteiger partial charge on any atom is -0.343 e. The number of hydrogen-bond acceptors (Lipinski definition) is 5. The minimum absolute atomic E-state index is 0.00841. The number of nitriles is 1. The Morgan fingerprint density at radius 2 is 2.14 bits per heavy atom. The fraction of sp³-hybridized carbons (Fsp3) is 0.357. The molecule has 0 fully saturated rings. The van der Waals surface area contributed by atoms with Crippen molar-refractivity contribution in [3.05, 3.63) is 30.3 Å². The fourth-order valence-electron chi connectivity index (χ4n) is 1.81. The zero-order valence-electron chi connectivity index (χ0n) is 12.0. The third-order valence-electron chi connectivity index (χ3n) is 2.96. The lowest BCUT2D eigenvalue weighted by Gasteiger charge is -2.17. The Morgan fingerprint density at radius 1 is 1.43 bits per heavy atom. The molecule has 1 atom stereocenters. The van der Waals surface area contributed by atoms with Gasteiger partial charge in [-0.3, -0.25) is 4.79 Å². The molecule has 1 aromatic heterocycles. The average molecular weight is 284 g/mol. The molecule has 7 heteroatoms. The van der Waals surface area contributed by atoms with E-state index in [2.05, 4.69) is 21.5 Å². The molecule has 1 heterocycles. The fourth-order valence-corrected chi connectivity index (χ4v) is 1.81. The van der Waals surface area contributed by atoms with Crippen LogP contribution in [0.15, 0.2) is 30.3 Å². The summed E-state index contributed by atoms with van der Waals surface area (Å²) in [4.78, 5) is 14.8. The quantitative estimate of drug-likeness (QED) is 0.816. The van der Waals surface area contributed by atoms with Gasteiger partial charge < -0.3 is 4.90 Å². The molecule has 0 saturated carbocycles. The van der Waals surface area contributed by atoms with E-state index in [4.69, 9.17) is 5.26 Å². The Bertz CT molecular complexity index is 645. The first-order valence-electron chi connectivity index (χ1n) is 6.57. The van der Waals surface area contributed by atoms with Gasteiger partial charge in [0.1, 0.15) is 6.54 Å². The first-order valence-corrected chi connectivity index (χ1v) is 6.57. The largest absolute Gasteiger partial charge is 0.343 e. The van der Waals surface area contributed by atoms with Crippen molar-refractivity contribution in [3.63, 3.8) is 0 Å². The van der Waals surface area contributed by atoms with Crippen molar-refractivity contribution < 1.29 is 4.79 Å². The van der Waals surface area contributed by atoms with Gasteiger partial charge in [-0.1, -0.05) is 30.3 Å². The smallest absolute Gasteiger partial charge is 0.246 e. The van der Waals surface area contributed by atoms with Crippen molar-refractivity contribution in [2.45, 2.75) is 13.5 Å². The van der Waals surface area contributed by atoms with Gasteiger partial charge in [-0.25, -0.2) is 0 Å². The highest BCUT2D eigenvalue weighted by atomic mass is 16.2. The summed E-state index contributed by atoms with van der Waals surface area (Å²) in [6.45, 7) is 2.16. The van der Waals surface area contributed by atoms with Crippen LogP contribution in [0, 0.1) is 17.2 Å². The molecule has 1 amide bonds. The lowest BCUT2D eigenvalue weighted by atomic mass is 10.2. The van der Waals surface area contributed by atoms with Crippen molar-refractivity contribution in [2.24, 2.45) is 5.92 Å². The Hall–Kier alpha value is -2.75. The maximum Gasteiger partial charge on any atom is 0.246 e. The van der Waals surface area contributed by atoms with Crippen LogP contribution < -0.4 is 0 Å². The molecule has 0 spiro atoms. The number of carbonyl (C=O) groups excluding carboxylic acids is 1. The van der Waals surface area contributed by atoms with Crippen LogP contribution in [0.3, 0.4) is 0 Å². The molecule has 2 rings (SSSR count). The van der Waals surface area contributed by atoms with Crippen LogP contribution in [0.5, 0.6) is 0 Å². The van der Waals surface area contributed by atoms with Crippen molar-refractivity contribution in [1.82, 2.24) is 25.1 Å². The van der Waals surface area contributed by atoms with Crippen molar-refractivity contribution in [1.29, 1.82) is 5.26 Å². The summed E-state index contributed by atoms with van der Waals surface area (Å²) in [5, 5.41) is 20.8. The Labute approximate surface area is 122 Å². The van der Waals surface area contributed by atoms with Gasteiger partial charge in [0.2, 0.25) is 11.7 Å².